The summed E-state index contributed by atoms with van der Waals surface area (Å²) >= 11 is 0. The minimum absolute atomic E-state index is 0.233. The highest BCUT2D eigenvalue weighted by Gasteiger charge is 2.37. The van der Waals surface area contributed by atoms with Gasteiger partial charge in [-0.25, -0.2) is 0 Å². The smallest absolute Gasteiger partial charge is 0.159 e. The first-order valence-corrected chi connectivity index (χ1v) is 9.52. The molecular formula is C23H31NO. The highest BCUT2D eigenvalue weighted by Crippen LogP contribution is 2.47. The summed E-state index contributed by atoms with van der Waals surface area (Å²) in [4.78, 5) is 0. The van der Waals surface area contributed by atoms with Crippen LogP contribution in [0.5, 0.6) is 0 Å². The zero-order valence-corrected chi connectivity index (χ0v) is 16.6. The van der Waals surface area contributed by atoms with Gasteiger partial charge in [0.15, 0.2) is 5.76 Å². The van der Waals surface area contributed by atoms with Gasteiger partial charge in [0.2, 0.25) is 0 Å². The van der Waals surface area contributed by atoms with E-state index in [1.54, 1.807) is 11.8 Å². The van der Waals surface area contributed by atoms with E-state index in [9.17, 15) is 0 Å². The Hall–Kier alpha value is -1.83. The van der Waals surface area contributed by atoms with Gasteiger partial charge in [-0.3, -0.25) is 0 Å². The van der Waals surface area contributed by atoms with Crippen molar-refractivity contribution in [2.75, 3.05) is 0 Å². The van der Waals surface area contributed by atoms with Crippen LogP contribution in [-0.4, -0.2) is 5.16 Å². The Balaban J connectivity index is 2.18. The Kier molecular flexibility index (Phi) is 4.66. The van der Waals surface area contributed by atoms with E-state index in [-0.39, 0.29) is 10.8 Å². The monoisotopic (exact) mass is 337 g/mol. The summed E-state index contributed by atoms with van der Waals surface area (Å²) in [7, 11) is 0. The van der Waals surface area contributed by atoms with Gasteiger partial charge in [0.05, 0.1) is 6.20 Å². The summed E-state index contributed by atoms with van der Waals surface area (Å²) in [5.74, 6) is 0.817. The summed E-state index contributed by atoms with van der Waals surface area (Å²) in [6.07, 6.45) is 8.57. The van der Waals surface area contributed by atoms with E-state index in [1.165, 1.54) is 35.1 Å². The van der Waals surface area contributed by atoms with Crippen molar-refractivity contribution < 1.29 is 4.52 Å². The lowest BCUT2D eigenvalue weighted by molar-refractivity contribution is 0.331. The Labute approximate surface area is 152 Å². The molecule has 134 valence electrons. The first-order valence-electron chi connectivity index (χ1n) is 9.52. The van der Waals surface area contributed by atoms with Crippen LogP contribution < -0.4 is 0 Å². The summed E-state index contributed by atoms with van der Waals surface area (Å²) < 4.78 is 5.29. The maximum absolute atomic E-state index is 5.29. The topological polar surface area (TPSA) is 26.0 Å². The van der Waals surface area contributed by atoms with Gasteiger partial charge in [-0.05, 0) is 70.9 Å². The molecule has 0 atom stereocenters. The molecule has 0 saturated carbocycles. The van der Waals surface area contributed by atoms with Crippen molar-refractivity contribution in [2.24, 2.45) is 0 Å². The molecule has 2 heteroatoms. The zero-order valence-electron chi connectivity index (χ0n) is 16.6. The molecule has 0 aliphatic heterocycles. The van der Waals surface area contributed by atoms with Crippen LogP contribution in [-0.2, 0) is 17.3 Å². The number of nitrogens with zero attached hydrogens (tertiary/aromatic N) is 1. The molecule has 0 fully saturated rings. The van der Waals surface area contributed by atoms with Crippen LogP contribution in [0.4, 0.5) is 0 Å². The molecule has 1 aliphatic carbocycles. The molecule has 1 aliphatic rings. The summed E-state index contributed by atoms with van der Waals surface area (Å²) in [5, 5.41) is 3.82. The van der Waals surface area contributed by atoms with Gasteiger partial charge in [-0.15, -0.1) is 0 Å². The number of benzene rings is 1. The highest BCUT2D eigenvalue weighted by atomic mass is 16.5. The van der Waals surface area contributed by atoms with E-state index in [0.717, 1.165) is 18.6 Å². The minimum atomic E-state index is 0.233. The number of rotatable bonds is 4. The molecule has 2 aromatic rings. The van der Waals surface area contributed by atoms with Crippen molar-refractivity contribution in [3.63, 3.8) is 0 Å². The third-order valence-corrected chi connectivity index (χ3v) is 5.84. The van der Waals surface area contributed by atoms with Gasteiger partial charge in [-0.1, -0.05) is 58.3 Å². The van der Waals surface area contributed by atoms with Crippen LogP contribution in [0.25, 0.3) is 11.6 Å². The number of allylic oxidation sites excluding steroid dienone is 1. The Bertz CT molecular complexity index is 779. The van der Waals surface area contributed by atoms with E-state index < -0.39 is 0 Å². The lowest BCUT2D eigenvalue weighted by atomic mass is 9.62. The third-order valence-electron chi connectivity index (χ3n) is 5.84. The van der Waals surface area contributed by atoms with E-state index in [2.05, 4.69) is 64.9 Å². The Morgan fingerprint density at radius 2 is 1.76 bits per heavy atom. The lowest BCUT2D eigenvalue weighted by Crippen LogP contribution is -2.34. The van der Waals surface area contributed by atoms with Gasteiger partial charge >= 0.3 is 0 Å². The van der Waals surface area contributed by atoms with Crippen molar-refractivity contribution in [2.45, 2.75) is 78.1 Å². The van der Waals surface area contributed by atoms with Crippen molar-refractivity contribution in [1.82, 2.24) is 5.16 Å². The van der Waals surface area contributed by atoms with Crippen LogP contribution in [0, 0.1) is 0 Å². The standard InChI is InChI=1S/C23H31NO/c1-7-8-17-14-20-21(23(5,6)11-10-22(20,3)4)15-19(17)16(2)13-18-9-12-24-25-18/h9,12-15H,7-8,10-11H2,1-6H3. The average Bonchev–Trinajstić information content (AvgIpc) is 3.05. The number of aryl methyl sites for hydroxylation is 1. The average molecular weight is 338 g/mol. The second-order valence-electron chi connectivity index (χ2n) is 8.81. The molecule has 3 rings (SSSR count). The van der Waals surface area contributed by atoms with E-state index in [4.69, 9.17) is 4.52 Å². The highest BCUT2D eigenvalue weighted by molar-refractivity contribution is 5.81. The molecule has 0 amide bonds. The van der Waals surface area contributed by atoms with Crippen LogP contribution in [0.3, 0.4) is 0 Å². The maximum atomic E-state index is 5.29. The molecule has 0 saturated heterocycles. The summed E-state index contributed by atoms with van der Waals surface area (Å²) in [5.41, 5.74) is 7.63. The molecule has 0 spiro atoms. The number of fused-ring (bicyclic) bond motifs is 1. The van der Waals surface area contributed by atoms with Crippen molar-refractivity contribution in [3.8, 4) is 0 Å². The molecule has 1 heterocycles. The molecule has 0 radical (unpaired) electrons. The van der Waals surface area contributed by atoms with Crippen LogP contribution in [0.2, 0.25) is 0 Å². The van der Waals surface area contributed by atoms with Crippen LogP contribution >= 0.6 is 0 Å². The fraction of sp³-hybridized carbons (Fsp3) is 0.522. The number of aromatic nitrogens is 1. The van der Waals surface area contributed by atoms with Crippen LogP contribution in [0.1, 0.15) is 88.8 Å². The number of hydrogen-bond acceptors (Lipinski definition) is 2. The maximum Gasteiger partial charge on any atom is 0.159 e. The molecule has 25 heavy (non-hydrogen) atoms. The fourth-order valence-corrected chi connectivity index (χ4v) is 4.09. The molecule has 1 aromatic carbocycles. The first-order chi connectivity index (χ1) is 11.7. The normalized spacial score (nSPS) is 18.9. The zero-order chi connectivity index (χ0) is 18.2. The van der Waals surface area contributed by atoms with E-state index in [1.807, 2.05) is 6.07 Å². The second kappa shape index (κ2) is 6.48. The van der Waals surface area contributed by atoms with Gasteiger partial charge in [-0.2, -0.15) is 0 Å². The molecular weight excluding hydrogens is 306 g/mol. The van der Waals surface area contributed by atoms with Crippen LogP contribution in [0.15, 0.2) is 28.9 Å². The molecule has 0 N–H and O–H groups in total. The van der Waals surface area contributed by atoms with Gasteiger partial charge in [0, 0.05) is 6.07 Å². The van der Waals surface area contributed by atoms with E-state index in [0.29, 0.717) is 0 Å². The van der Waals surface area contributed by atoms with Crippen molar-refractivity contribution in [3.05, 3.63) is 52.4 Å². The third kappa shape index (κ3) is 3.44. The largest absolute Gasteiger partial charge is 0.357 e. The van der Waals surface area contributed by atoms with Crippen molar-refractivity contribution in [1.29, 1.82) is 0 Å². The van der Waals surface area contributed by atoms with Gasteiger partial charge in [0.25, 0.3) is 0 Å². The molecule has 0 bridgehead atoms. The second-order valence-corrected chi connectivity index (χ2v) is 8.81. The van der Waals surface area contributed by atoms with E-state index >= 15 is 0 Å². The molecule has 2 nitrogen and oxygen atoms in total. The molecule has 0 unspecified atom stereocenters. The Morgan fingerprint density at radius 3 is 2.32 bits per heavy atom. The van der Waals surface area contributed by atoms with Gasteiger partial charge < -0.3 is 4.52 Å². The van der Waals surface area contributed by atoms with Gasteiger partial charge in [0.1, 0.15) is 0 Å². The van der Waals surface area contributed by atoms with Crippen molar-refractivity contribution >= 4 is 11.6 Å². The predicted octanol–water partition coefficient (Wildman–Crippen LogP) is 6.54. The minimum Gasteiger partial charge on any atom is -0.357 e. The SMILES string of the molecule is CCCc1cc2c(cc1C(C)=Cc1ccno1)C(C)(C)CCC2(C)C. The summed E-state index contributed by atoms with van der Waals surface area (Å²) in [6.45, 7) is 14.0. The Morgan fingerprint density at radius 1 is 1.12 bits per heavy atom. The molecule has 1 aromatic heterocycles. The first kappa shape index (κ1) is 18.0. The fourth-order valence-electron chi connectivity index (χ4n) is 4.09. The predicted molar refractivity (Wildman–Crippen MR) is 106 cm³/mol. The quantitative estimate of drug-likeness (QED) is 0.633. The lowest BCUT2D eigenvalue weighted by Gasteiger charge is -2.42. The summed E-state index contributed by atoms with van der Waals surface area (Å²) in [6, 6.07) is 6.87. The number of hydrogen-bond donors (Lipinski definition) is 0.